The van der Waals surface area contributed by atoms with Gasteiger partial charge in [0.05, 0.1) is 23.9 Å². The van der Waals surface area contributed by atoms with E-state index in [1.807, 2.05) is 12.2 Å². The summed E-state index contributed by atoms with van der Waals surface area (Å²) in [7, 11) is -4.44. The van der Waals surface area contributed by atoms with Crippen molar-refractivity contribution in [3.05, 3.63) is 59.0 Å². The number of carbonyl (C=O) groups is 1. The number of halogens is 5. The molecule has 0 aliphatic rings. The molecule has 0 saturated heterocycles. The Balaban J connectivity index is 3.24. The lowest BCUT2D eigenvalue weighted by Crippen LogP contribution is -2.44. The largest absolute Gasteiger partial charge is 0.461 e. The third kappa shape index (κ3) is 19.2. The molecule has 0 spiro atoms. The molecule has 52 heavy (non-hydrogen) atoms. The number of carbonyl (C=O) groups excluding carboxylic acids is 1. The predicted molar refractivity (Wildman–Crippen MR) is 205 cm³/mol. The quantitative estimate of drug-likeness (QED) is 0.0113. The van der Waals surface area contributed by atoms with Gasteiger partial charge in [-0.25, -0.2) is 22.0 Å². The zero-order chi connectivity index (χ0) is 39.7. The molecule has 7 nitrogen and oxygen atoms in total. The topological polar surface area (TPSA) is 75.6 Å². The lowest BCUT2D eigenvalue weighted by Gasteiger charge is -2.38. The summed E-state index contributed by atoms with van der Waals surface area (Å²) >= 11 is 0. The van der Waals surface area contributed by atoms with E-state index in [-0.39, 0.29) is 30.7 Å². The number of ether oxygens (including phenoxy) is 1. The second-order valence-corrected chi connectivity index (χ2v) is 29.2. The van der Waals surface area contributed by atoms with E-state index in [9.17, 15) is 26.7 Å². The Labute approximate surface area is 311 Å². The van der Waals surface area contributed by atoms with Crippen molar-refractivity contribution < 1.29 is 49.6 Å². The first kappa shape index (κ1) is 47.8. The Morgan fingerprint density at radius 2 is 1.31 bits per heavy atom. The summed E-state index contributed by atoms with van der Waals surface area (Å²) < 4.78 is 93.3. The molecule has 0 aliphatic carbocycles. The fraction of sp³-hybridized carbons (Fsp3) is 0.676. The zero-order valence-electron chi connectivity index (χ0n) is 33.1. The number of hydrogen-bond acceptors (Lipinski definition) is 7. The van der Waals surface area contributed by atoms with Crippen molar-refractivity contribution in [1.29, 1.82) is 0 Å². The molecule has 0 heterocycles. The van der Waals surface area contributed by atoms with Gasteiger partial charge in [-0.1, -0.05) is 55.6 Å². The number of allylic oxidation sites excluding steroid dienone is 2. The van der Waals surface area contributed by atoms with Crippen molar-refractivity contribution in [2.45, 2.75) is 149 Å². The summed E-state index contributed by atoms with van der Waals surface area (Å²) in [6.07, 6.45) is 15.5. The van der Waals surface area contributed by atoms with Crippen molar-refractivity contribution in [1.82, 2.24) is 0 Å². The molecule has 4 atom stereocenters. The Kier molecular flexibility index (Phi) is 21.1. The van der Waals surface area contributed by atoms with Crippen LogP contribution in [0.2, 0.25) is 58.9 Å². The van der Waals surface area contributed by atoms with E-state index in [2.05, 4.69) is 83.2 Å². The predicted octanol–water partition coefficient (Wildman–Crippen LogP) is 11.0. The van der Waals surface area contributed by atoms with E-state index in [1.54, 1.807) is 6.21 Å². The van der Waals surface area contributed by atoms with E-state index in [0.29, 0.717) is 25.7 Å². The van der Waals surface area contributed by atoms with Gasteiger partial charge >= 0.3 is 5.97 Å². The smallest absolute Gasteiger partial charge is 0.306 e. The van der Waals surface area contributed by atoms with Gasteiger partial charge in [-0.15, -0.1) is 0 Å². The lowest BCUT2D eigenvalue weighted by molar-refractivity contribution is -0.145. The van der Waals surface area contributed by atoms with Gasteiger partial charge in [-0.2, -0.15) is 0 Å². The van der Waals surface area contributed by atoms with Crippen LogP contribution in [0.1, 0.15) is 70.3 Å². The number of hydrogen-bond donors (Lipinski definition) is 0. The Hall–Kier alpha value is -2.18. The van der Waals surface area contributed by atoms with Crippen LogP contribution in [0.15, 0.2) is 29.5 Å². The molecular weight excluding hydrogens is 734 g/mol. The van der Waals surface area contributed by atoms with Gasteiger partial charge in [0.15, 0.2) is 48.2 Å². The fourth-order valence-corrected chi connectivity index (χ4v) is 8.73. The van der Waals surface area contributed by atoms with Crippen LogP contribution >= 0.6 is 0 Å². The molecule has 0 aromatic heterocycles. The third-order valence-electron chi connectivity index (χ3n) is 7.53. The maximum Gasteiger partial charge on any atom is 0.306 e. The molecule has 0 bridgehead atoms. The second kappa shape index (κ2) is 22.9. The SMILES string of the molecule is CCCCC[C@@H](/C=C/[C@@H](O[Si](C)(C)C)[C@@H](C/C=C\CCCC(=O)OCc1c(F)c(F)c(F)c(F)c1F)[C@H](C/C=N/OC)O[Si](C)(C)C)O[Si](C)(C)C. The monoisotopic (exact) mass is 795 g/mol. The molecule has 0 fully saturated rings. The molecule has 15 heteroatoms. The molecule has 0 N–H and O–H groups in total. The van der Waals surface area contributed by atoms with Gasteiger partial charge in [0.1, 0.15) is 13.7 Å². The van der Waals surface area contributed by atoms with Crippen LogP contribution in [-0.4, -0.2) is 62.6 Å². The van der Waals surface area contributed by atoms with Crippen LogP contribution in [0, 0.1) is 35.0 Å². The Morgan fingerprint density at radius 3 is 1.85 bits per heavy atom. The van der Waals surface area contributed by atoms with Crippen molar-refractivity contribution in [2.24, 2.45) is 11.1 Å². The molecule has 0 aliphatic heterocycles. The number of unbranched alkanes of at least 4 members (excludes halogenated alkanes) is 3. The van der Waals surface area contributed by atoms with E-state index < -0.39 is 72.2 Å². The first-order chi connectivity index (χ1) is 24.1. The molecule has 0 unspecified atom stereocenters. The summed E-state index contributed by atoms with van der Waals surface area (Å²) in [5.74, 6) is -11.4. The number of nitrogens with zero attached hydrogens (tertiary/aromatic N) is 1. The van der Waals surface area contributed by atoms with Crippen LogP contribution in [0.4, 0.5) is 22.0 Å². The van der Waals surface area contributed by atoms with Crippen molar-refractivity contribution in [3.63, 3.8) is 0 Å². The van der Waals surface area contributed by atoms with Crippen molar-refractivity contribution in [2.75, 3.05) is 7.11 Å². The minimum atomic E-state index is -2.27. The van der Waals surface area contributed by atoms with Crippen molar-refractivity contribution in [3.8, 4) is 0 Å². The van der Waals surface area contributed by atoms with Gasteiger partial charge in [-0.3, -0.25) is 4.79 Å². The summed E-state index contributed by atoms with van der Waals surface area (Å²) in [6, 6.07) is 0. The first-order valence-electron chi connectivity index (χ1n) is 18.2. The van der Waals surface area contributed by atoms with Crippen LogP contribution < -0.4 is 0 Å². The highest BCUT2D eigenvalue weighted by Gasteiger charge is 2.35. The molecule has 1 aromatic rings. The Morgan fingerprint density at radius 1 is 0.731 bits per heavy atom. The third-order valence-corrected chi connectivity index (χ3v) is 10.5. The summed E-state index contributed by atoms with van der Waals surface area (Å²) in [5.41, 5.74) is -1.19. The minimum absolute atomic E-state index is 0.0256. The zero-order valence-corrected chi connectivity index (χ0v) is 36.1. The number of benzene rings is 1. The van der Waals surface area contributed by atoms with Crippen LogP contribution in [0.25, 0.3) is 0 Å². The summed E-state index contributed by atoms with van der Waals surface area (Å²) in [5, 5.41) is 4.00. The van der Waals surface area contributed by atoms with Gasteiger partial charge < -0.3 is 22.9 Å². The highest BCUT2D eigenvalue weighted by atomic mass is 28.4. The number of oxime groups is 1. The maximum absolute atomic E-state index is 14.0. The molecule has 1 aromatic carbocycles. The minimum Gasteiger partial charge on any atom is -0.461 e. The normalized spacial score (nSPS) is 15.5. The van der Waals surface area contributed by atoms with Crippen molar-refractivity contribution >= 4 is 37.1 Å². The van der Waals surface area contributed by atoms with E-state index in [0.717, 1.165) is 25.7 Å². The first-order valence-corrected chi connectivity index (χ1v) is 28.4. The van der Waals surface area contributed by atoms with Gasteiger partial charge in [-0.05, 0) is 84.6 Å². The van der Waals surface area contributed by atoms with Crippen LogP contribution in [-0.2, 0) is 34.3 Å². The molecule has 1 rings (SSSR count). The maximum atomic E-state index is 14.0. The van der Waals surface area contributed by atoms with Crippen LogP contribution in [0.3, 0.4) is 0 Å². The van der Waals surface area contributed by atoms with Crippen LogP contribution in [0.5, 0.6) is 0 Å². The highest BCUT2D eigenvalue weighted by Crippen LogP contribution is 2.30. The number of rotatable bonds is 25. The van der Waals surface area contributed by atoms with E-state index in [1.165, 1.54) is 7.11 Å². The average Bonchev–Trinajstić information content (AvgIpc) is 3.02. The van der Waals surface area contributed by atoms with Gasteiger partial charge in [0.25, 0.3) is 0 Å². The second-order valence-electron chi connectivity index (χ2n) is 15.8. The molecule has 0 saturated carbocycles. The summed E-state index contributed by atoms with van der Waals surface area (Å²) in [6.45, 7) is 20.6. The van der Waals surface area contributed by atoms with Gasteiger partial charge in [0.2, 0.25) is 5.82 Å². The number of esters is 1. The van der Waals surface area contributed by atoms with E-state index in [4.69, 9.17) is 22.9 Å². The highest BCUT2D eigenvalue weighted by molar-refractivity contribution is 6.70. The van der Waals surface area contributed by atoms with Gasteiger partial charge in [0, 0.05) is 25.0 Å². The molecule has 298 valence electrons. The fourth-order valence-electron chi connectivity index (χ4n) is 5.38. The molecule has 0 amide bonds. The lowest BCUT2D eigenvalue weighted by atomic mass is 9.89. The standard InChI is InChI=1S/C37H62F5NO6Si3/c1-12-13-16-19-27(47-50(3,4)5)22-23-30(48-51(6,7)8)28(31(24-25-43-45-2)49-52(9,10)11)20-17-14-15-18-21-32(44)46-26-29-33(38)35(40)37(42)36(41)34(29)39/h14,17,22-23,25,27-28,30-31H,12-13,15-16,18-21,24,26H2,1-11H3/b17-14-,23-22+,43-25+/t27-,28+,30+,31-/m0/s1. The molecular formula is C37H62F5NO6Si3. The summed E-state index contributed by atoms with van der Waals surface area (Å²) in [4.78, 5) is 17.2. The Bertz CT molecular complexity index is 1300. The van der Waals surface area contributed by atoms with E-state index >= 15 is 0 Å². The molecule has 0 radical (unpaired) electrons. The average molecular weight is 796 g/mol.